The van der Waals surface area contributed by atoms with Gasteiger partial charge in [-0.05, 0) is 0 Å². The first-order chi connectivity index (χ1) is 5.31. The Balaban J connectivity index is -0.000000605. The molecule has 0 saturated heterocycles. The van der Waals surface area contributed by atoms with Crippen molar-refractivity contribution >= 4 is 78.8 Å². The Kier molecular flexibility index (Phi) is 13.3. The number of carboxylic acids is 1. The number of guanidine groups is 1. The zero-order valence-corrected chi connectivity index (χ0v) is 6.73. The van der Waals surface area contributed by atoms with Gasteiger partial charge < -0.3 is 25.9 Å². The van der Waals surface area contributed by atoms with Crippen molar-refractivity contribution in [1.29, 1.82) is 0 Å². The Bertz CT molecular complexity index is 253. The van der Waals surface area contributed by atoms with E-state index in [-0.39, 0.29) is 59.1 Å². The Hall–Kier alpha value is 0.890. The molecule has 0 aliphatic carbocycles. The van der Waals surface area contributed by atoms with E-state index in [1.54, 1.807) is 0 Å². The maximum atomic E-state index is 10.1. The van der Waals surface area contributed by atoms with Crippen LogP contribution in [0.4, 0.5) is 0 Å². The number of carbonyl (C=O) groups is 1. The molecule has 0 fully saturated rings. The number of nitrogens with one attached hydrogen (secondary N) is 1. The number of rotatable bonds is 3. The van der Waals surface area contributed by atoms with Crippen molar-refractivity contribution in [1.82, 2.24) is 5.32 Å². The number of aliphatic carboxylic acids is 1. The predicted molar refractivity (Wildman–Crippen MR) is 53.6 cm³/mol. The zero-order chi connectivity index (χ0) is 9.78. The molecule has 11 heteroatoms. The second-order valence-electron chi connectivity index (χ2n) is 1.75. The molecule has 0 unspecified atom stereocenters. The van der Waals surface area contributed by atoms with Crippen LogP contribution < -0.4 is 11.1 Å². The van der Waals surface area contributed by atoms with Crippen LogP contribution >= 0.6 is 7.75 Å². The summed E-state index contributed by atoms with van der Waals surface area (Å²) in [6.07, 6.45) is 0. The van der Waals surface area contributed by atoms with E-state index in [0.29, 0.717) is 0 Å². The fourth-order valence-electron chi connectivity index (χ4n) is 0.342. The molecule has 0 rings (SSSR count). The molecule has 0 aromatic heterocycles. The van der Waals surface area contributed by atoms with Crippen molar-refractivity contribution in [2.24, 2.45) is 10.5 Å². The molecular formula is C3H10N3Na2O5P. The van der Waals surface area contributed by atoms with Gasteiger partial charge in [-0.25, -0.2) is 4.57 Å². The molecule has 0 amide bonds. The van der Waals surface area contributed by atoms with Crippen LogP contribution in [0.2, 0.25) is 0 Å². The monoisotopic (exact) mass is 245 g/mol. The molecule has 0 aliphatic heterocycles. The summed E-state index contributed by atoms with van der Waals surface area (Å²) in [6.45, 7) is -0.546. The molecule has 6 N–H and O–H groups in total. The van der Waals surface area contributed by atoms with Gasteiger partial charge >= 0.3 is 72.8 Å². The standard InChI is InChI=1S/C3H8N3O5P.2Na.2H/c4-3(5-1-2(7)8)6-12(9,10)11;;;;/h1H2,(H,7,8)(H5,4,5,6,9,10,11);;;;. The molecule has 0 bridgehead atoms. The van der Waals surface area contributed by atoms with Crippen LogP contribution in [-0.4, -0.2) is 92.5 Å². The van der Waals surface area contributed by atoms with Gasteiger partial charge in [0.1, 0.15) is 6.54 Å². The fraction of sp³-hybridized carbons (Fsp3) is 0.333. The normalized spacial score (nSPS) is 10.9. The summed E-state index contributed by atoms with van der Waals surface area (Å²) in [4.78, 5) is 26.3. The van der Waals surface area contributed by atoms with Gasteiger partial charge in [0.2, 0.25) is 0 Å². The van der Waals surface area contributed by atoms with Crippen molar-refractivity contribution in [3.05, 3.63) is 0 Å². The summed E-state index contributed by atoms with van der Waals surface area (Å²) in [7, 11) is -4.57. The summed E-state index contributed by atoms with van der Waals surface area (Å²) in [5, 5.41) is 10.1. The first-order valence-corrected chi connectivity index (χ1v) is 4.24. The van der Waals surface area contributed by atoms with E-state index < -0.39 is 26.2 Å². The van der Waals surface area contributed by atoms with Crippen LogP contribution in [0.1, 0.15) is 0 Å². The van der Waals surface area contributed by atoms with Crippen molar-refractivity contribution in [3.63, 3.8) is 0 Å². The molecule has 0 aromatic carbocycles. The van der Waals surface area contributed by atoms with E-state index in [9.17, 15) is 9.36 Å². The van der Waals surface area contributed by atoms with Gasteiger partial charge in [-0.2, -0.15) is 0 Å². The topological polar surface area (TPSA) is 145 Å². The summed E-state index contributed by atoms with van der Waals surface area (Å²) in [5.41, 5.74) is 4.89. The second kappa shape index (κ2) is 9.14. The van der Waals surface area contributed by atoms with Gasteiger partial charge in [0.05, 0.1) is 0 Å². The minimum absolute atomic E-state index is 0. The van der Waals surface area contributed by atoms with E-state index in [0.717, 1.165) is 0 Å². The van der Waals surface area contributed by atoms with Crippen LogP contribution in [0, 0.1) is 0 Å². The number of hydrogen-bond acceptors (Lipinski definition) is 2. The van der Waals surface area contributed by atoms with Crippen molar-refractivity contribution in [2.45, 2.75) is 0 Å². The van der Waals surface area contributed by atoms with Gasteiger partial charge in [0.15, 0.2) is 5.96 Å². The molecule has 0 saturated carbocycles. The Morgan fingerprint density at radius 3 is 2.14 bits per heavy atom. The maximum absolute atomic E-state index is 10.1. The van der Waals surface area contributed by atoms with E-state index in [2.05, 4.69) is 4.76 Å². The summed E-state index contributed by atoms with van der Waals surface area (Å²) >= 11 is 0. The molecular weight excluding hydrogens is 235 g/mol. The third-order valence-electron chi connectivity index (χ3n) is 0.659. The molecule has 14 heavy (non-hydrogen) atoms. The predicted octanol–water partition coefficient (Wildman–Crippen LogP) is -3.23. The van der Waals surface area contributed by atoms with Crippen LogP contribution in [-0.2, 0) is 9.36 Å². The first-order valence-electron chi connectivity index (χ1n) is 2.68. The third-order valence-corrected chi connectivity index (χ3v) is 1.13. The Morgan fingerprint density at radius 2 is 1.86 bits per heavy atom. The van der Waals surface area contributed by atoms with Crippen molar-refractivity contribution in [2.75, 3.05) is 6.54 Å². The molecule has 0 aromatic rings. The molecule has 0 aliphatic rings. The molecule has 8 nitrogen and oxygen atoms in total. The second-order valence-corrected chi connectivity index (χ2v) is 2.97. The van der Waals surface area contributed by atoms with Crippen LogP contribution in [0.15, 0.2) is 4.76 Å². The van der Waals surface area contributed by atoms with Gasteiger partial charge in [0, 0.05) is 0 Å². The molecule has 0 radical (unpaired) electrons. The molecule has 74 valence electrons. The van der Waals surface area contributed by atoms with Crippen molar-refractivity contribution < 1.29 is 24.3 Å². The zero-order valence-electron chi connectivity index (χ0n) is 5.84. The quantitative estimate of drug-likeness (QED) is 0.152. The Morgan fingerprint density at radius 1 is 1.43 bits per heavy atom. The first kappa shape index (κ1) is 20.3. The number of hydrogen-bond donors (Lipinski definition) is 5. The van der Waals surface area contributed by atoms with Crippen LogP contribution in [0.5, 0.6) is 0 Å². The number of nitrogens with two attached hydrogens (primary N) is 1. The van der Waals surface area contributed by atoms with Gasteiger partial charge in [-0.1, -0.05) is 0 Å². The number of nitrogens with zero attached hydrogens (tertiary/aromatic N) is 1. The van der Waals surface area contributed by atoms with Gasteiger partial charge in [0.25, 0.3) is 0 Å². The van der Waals surface area contributed by atoms with E-state index in [4.69, 9.17) is 20.6 Å². The van der Waals surface area contributed by atoms with Crippen molar-refractivity contribution in [3.8, 4) is 0 Å². The van der Waals surface area contributed by atoms with E-state index in [1.807, 2.05) is 5.32 Å². The average molecular weight is 245 g/mol. The molecule has 0 heterocycles. The van der Waals surface area contributed by atoms with E-state index >= 15 is 0 Å². The van der Waals surface area contributed by atoms with E-state index in [1.165, 1.54) is 0 Å². The SMILES string of the molecule is NC(=NP(=O)(O)O)NCC(=O)O.[NaH].[NaH]. The third kappa shape index (κ3) is 15.4. The Labute approximate surface area is 124 Å². The fourth-order valence-corrected chi connectivity index (χ4v) is 0.693. The minimum atomic E-state index is -4.57. The van der Waals surface area contributed by atoms with Crippen LogP contribution in [0.3, 0.4) is 0 Å². The summed E-state index contributed by atoms with van der Waals surface area (Å²) in [5.74, 6) is -1.82. The average Bonchev–Trinajstić information content (AvgIpc) is 1.79. The van der Waals surface area contributed by atoms with Crippen LogP contribution in [0.25, 0.3) is 0 Å². The molecule has 0 spiro atoms. The van der Waals surface area contributed by atoms with Gasteiger partial charge in [-0.3, -0.25) is 4.79 Å². The van der Waals surface area contributed by atoms with Gasteiger partial charge in [-0.15, -0.1) is 4.76 Å². The number of carboxylic acid groups (broad SMARTS) is 1. The molecule has 0 atom stereocenters. The summed E-state index contributed by atoms with van der Waals surface area (Å²) < 4.78 is 12.8. The summed E-state index contributed by atoms with van der Waals surface area (Å²) in [6, 6.07) is 0.